The van der Waals surface area contributed by atoms with Crippen molar-refractivity contribution >= 4 is 23.9 Å². The Morgan fingerprint density at radius 2 is 2.05 bits per heavy atom. The number of hydrogen-bond donors (Lipinski definition) is 4. The van der Waals surface area contributed by atoms with Crippen LogP contribution in [0, 0.1) is 11.8 Å². The van der Waals surface area contributed by atoms with Crippen molar-refractivity contribution < 1.29 is 9.37 Å². The Kier molecular flexibility index (Phi) is 7.63. The Bertz CT molecular complexity index is 1140. The van der Waals surface area contributed by atoms with E-state index in [1.54, 1.807) is 0 Å². The highest BCUT2D eigenvalue weighted by molar-refractivity contribution is 6.00. The molecule has 0 aromatic heterocycles. The normalized spacial score (nSPS) is 25.2. The first-order valence-corrected chi connectivity index (χ1v) is 14.0. The van der Waals surface area contributed by atoms with E-state index in [1.807, 2.05) is 11.5 Å². The van der Waals surface area contributed by atoms with Crippen LogP contribution in [0.25, 0.3) is 0 Å². The SMILES string of the molecule is C=C(NC1=C(C(=O)NCC2CC2)C2=C(CC1)CC[C@H]([N+](=CN)C(N)=NC1=CCCN=C1C)C2)C1CCC1. The lowest BCUT2D eigenvalue weighted by Gasteiger charge is -2.35. The second kappa shape index (κ2) is 11.1. The van der Waals surface area contributed by atoms with Crippen molar-refractivity contribution in [2.75, 3.05) is 13.1 Å². The van der Waals surface area contributed by atoms with Gasteiger partial charge in [-0.15, -0.1) is 4.99 Å². The maximum Gasteiger partial charge on any atom is 0.345 e. The maximum absolute atomic E-state index is 13.6. The molecule has 8 heteroatoms. The van der Waals surface area contributed by atoms with Crippen molar-refractivity contribution in [3.8, 4) is 0 Å². The van der Waals surface area contributed by atoms with Gasteiger partial charge in [0.15, 0.2) is 6.34 Å². The summed E-state index contributed by atoms with van der Waals surface area (Å²) >= 11 is 0. The van der Waals surface area contributed by atoms with E-state index in [2.05, 4.69) is 33.3 Å². The first-order chi connectivity index (χ1) is 17.9. The van der Waals surface area contributed by atoms with E-state index < -0.39 is 0 Å². The van der Waals surface area contributed by atoms with Gasteiger partial charge in [-0.1, -0.05) is 18.6 Å². The second-order valence-corrected chi connectivity index (χ2v) is 11.1. The number of aliphatic imine (C=N–C) groups is 2. The molecule has 0 radical (unpaired) electrons. The molecule has 1 amide bonds. The Hall–Kier alpha value is -3.16. The first-order valence-electron chi connectivity index (χ1n) is 14.0. The summed E-state index contributed by atoms with van der Waals surface area (Å²) in [5, 5.41) is 6.83. The molecular weight excluding hydrogens is 462 g/mol. The summed E-state index contributed by atoms with van der Waals surface area (Å²) in [5.74, 6) is 1.54. The molecule has 0 saturated heterocycles. The molecule has 0 aromatic carbocycles. The monoisotopic (exact) mass is 504 g/mol. The van der Waals surface area contributed by atoms with Crippen LogP contribution in [0.3, 0.4) is 0 Å². The fourth-order valence-electron chi connectivity index (χ4n) is 5.80. The van der Waals surface area contributed by atoms with Gasteiger partial charge < -0.3 is 22.1 Å². The molecule has 198 valence electrons. The first kappa shape index (κ1) is 25.5. The van der Waals surface area contributed by atoms with Crippen molar-refractivity contribution in [1.82, 2.24) is 10.6 Å². The largest absolute Gasteiger partial charge is 0.362 e. The zero-order valence-corrected chi connectivity index (χ0v) is 22.2. The predicted molar refractivity (Wildman–Crippen MR) is 149 cm³/mol. The molecule has 8 nitrogen and oxygen atoms in total. The fourth-order valence-corrected chi connectivity index (χ4v) is 5.80. The molecule has 1 aliphatic heterocycles. The topological polar surface area (TPSA) is 121 Å². The lowest BCUT2D eigenvalue weighted by Crippen LogP contribution is -2.42. The second-order valence-electron chi connectivity index (χ2n) is 11.1. The van der Waals surface area contributed by atoms with Crippen LogP contribution < -0.4 is 22.1 Å². The van der Waals surface area contributed by atoms with Crippen LogP contribution in [0.1, 0.15) is 77.6 Å². The maximum atomic E-state index is 13.6. The number of nitrogens with one attached hydrogen (secondary N) is 2. The van der Waals surface area contributed by atoms with Crippen LogP contribution in [0.2, 0.25) is 0 Å². The third-order valence-electron chi connectivity index (χ3n) is 8.55. The Balaban J connectivity index is 1.40. The van der Waals surface area contributed by atoms with Crippen LogP contribution in [0.15, 0.2) is 56.5 Å². The van der Waals surface area contributed by atoms with Crippen molar-refractivity contribution in [1.29, 1.82) is 0 Å². The summed E-state index contributed by atoms with van der Waals surface area (Å²) in [4.78, 5) is 22.8. The molecule has 4 aliphatic carbocycles. The number of carbonyl (C=O) groups excluding carboxylic acids is 1. The highest BCUT2D eigenvalue weighted by atomic mass is 16.1. The lowest BCUT2D eigenvalue weighted by atomic mass is 9.77. The minimum atomic E-state index is 0.0350. The number of dihydropyridines is 1. The third kappa shape index (κ3) is 5.73. The summed E-state index contributed by atoms with van der Waals surface area (Å²) in [5.41, 5.74) is 19.7. The number of amides is 1. The molecule has 0 spiro atoms. The van der Waals surface area contributed by atoms with E-state index in [0.29, 0.717) is 24.2 Å². The van der Waals surface area contributed by atoms with Gasteiger partial charge in [-0.25, -0.2) is 4.58 Å². The molecule has 0 unspecified atom stereocenters. The molecule has 37 heavy (non-hydrogen) atoms. The Morgan fingerprint density at radius 1 is 1.24 bits per heavy atom. The summed E-state index contributed by atoms with van der Waals surface area (Å²) in [6.45, 7) is 7.83. The Morgan fingerprint density at radius 3 is 2.73 bits per heavy atom. The van der Waals surface area contributed by atoms with Gasteiger partial charge in [-0.3, -0.25) is 9.79 Å². The van der Waals surface area contributed by atoms with E-state index in [4.69, 9.17) is 11.5 Å². The van der Waals surface area contributed by atoms with E-state index in [1.165, 1.54) is 44.0 Å². The van der Waals surface area contributed by atoms with Gasteiger partial charge in [-0.2, -0.15) is 0 Å². The lowest BCUT2D eigenvalue weighted by molar-refractivity contribution is -0.454. The van der Waals surface area contributed by atoms with Gasteiger partial charge in [0.05, 0.1) is 17.3 Å². The standard InChI is InChI=1S/C29H41N7O/c1-18(21-5-3-6-21)34-26-13-11-22-10-12-23(15-24(22)27(26)28(37)33-16-20-8-9-20)36(17-30)29(31)35-25-7-4-14-32-19(25)2/h7,17,20-21,23,30H,1,3-6,8-16H2,2H3,(H4,31,33,34,35,37)/p+1/t23-/m0/s1. The summed E-state index contributed by atoms with van der Waals surface area (Å²) in [6, 6.07) is 0.0364. The van der Waals surface area contributed by atoms with Gasteiger partial charge in [0, 0.05) is 30.9 Å². The highest BCUT2D eigenvalue weighted by Crippen LogP contribution is 2.41. The quantitative estimate of drug-likeness (QED) is 0.230. The van der Waals surface area contributed by atoms with Crippen molar-refractivity contribution in [3.05, 3.63) is 46.5 Å². The van der Waals surface area contributed by atoms with Gasteiger partial charge in [0.25, 0.3) is 5.91 Å². The summed E-state index contributed by atoms with van der Waals surface area (Å²) in [7, 11) is 0. The van der Waals surface area contributed by atoms with Crippen LogP contribution >= 0.6 is 0 Å². The molecule has 1 atom stereocenters. The average molecular weight is 505 g/mol. The minimum Gasteiger partial charge on any atom is -0.362 e. The van der Waals surface area contributed by atoms with Crippen LogP contribution in [0.5, 0.6) is 0 Å². The number of hydrogen-bond acceptors (Lipinski definition) is 4. The molecule has 0 bridgehead atoms. The molecule has 5 rings (SSSR count). The molecule has 2 fully saturated rings. The average Bonchev–Trinajstić information content (AvgIpc) is 3.68. The highest BCUT2D eigenvalue weighted by Gasteiger charge is 2.35. The zero-order chi connectivity index (χ0) is 25.9. The van der Waals surface area contributed by atoms with Gasteiger partial charge >= 0.3 is 5.96 Å². The number of nitrogens with zero attached hydrogens (tertiary/aromatic N) is 3. The predicted octanol–water partition coefficient (Wildman–Crippen LogP) is 3.38. The van der Waals surface area contributed by atoms with E-state index in [0.717, 1.165) is 79.1 Å². The zero-order valence-electron chi connectivity index (χ0n) is 22.2. The minimum absolute atomic E-state index is 0.0350. The molecule has 1 heterocycles. The third-order valence-corrected chi connectivity index (χ3v) is 8.55. The smallest absolute Gasteiger partial charge is 0.345 e. The number of guanidine groups is 1. The molecule has 5 aliphatic rings. The molecule has 0 aromatic rings. The van der Waals surface area contributed by atoms with Crippen LogP contribution in [-0.4, -0.2) is 47.6 Å². The summed E-state index contributed by atoms with van der Waals surface area (Å²) < 4.78 is 1.88. The number of allylic oxidation sites excluding steroid dienone is 4. The Labute approximate surface area is 220 Å². The number of nitrogens with two attached hydrogens (primary N) is 2. The van der Waals surface area contributed by atoms with Crippen molar-refractivity contribution in [2.24, 2.45) is 33.3 Å². The molecule has 6 N–H and O–H groups in total. The van der Waals surface area contributed by atoms with Crippen LogP contribution in [-0.2, 0) is 4.79 Å². The van der Waals surface area contributed by atoms with E-state index >= 15 is 0 Å². The number of rotatable bonds is 8. The molecular formula is C29H42N7O+. The fraction of sp³-hybridized carbons (Fsp3) is 0.586. The van der Waals surface area contributed by atoms with Crippen LogP contribution in [0.4, 0.5) is 0 Å². The van der Waals surface area contributed by atoms with Gasteiger partial charge in [0.2, 0.25) is 0 Å². The van der Waals surface area contributed by atoms with Crippen molar-refractivity contribution in [2.45, 2.75) is 83.6 Å². The summed E-state index contributed by atoms with van der Waals surface area (Å²) in [6.07, 6.45) is 14.9. The van der Waals surface area contributed by atoms with Crippen molar-refractivity contribution in [3.63, 3.8) is 0 Å². The van der Waals surface area contributed by atoms with E-state index in [9.17, 15) is 4.79 Å². The molecule has 2 saturated carbocycles. The van der Waals surface area contributed by atoms with E-state index in [-0.39, 0.29) is 11.9 Å². The number of carbonyl (C=O) groups is 1. The van der Waals surface area contributed by atoms with Gasteiger partial charge in [0.1, 0.15) is 5.70 Å². The van der Waals surface area contributed by atoms with Gasteiger partial charge in [-0.05, 0) is 88.2 Å².